The molecule has 1 aliphatic rings. The second-order valence-electron chi connectivity index (χ2n) is 5.39. The monoisotopic (exact) mass is 385 g/mol. The van der Waals surface area contributed by atoms with Gasteiger partial charge in [-0.3, -0.25) is 9.69 Å². The summed E-state index contributed by atoms with van der Waals surface area (Å²) in [5.41, 5.74) is 0.399. The van der Waals surface area contributed by atoms with E-state index in [2.05, 4.69) is 21.3 Å². The predicted octanol–water partition coefficient (Wildman–Crippen LogP) is 3.25. The molecule has 1 saturated heterocycles. The van der Waals surface area contributed by atoms with E-state index in [-0.39, 0.29) is 22.1 Å². The Hall–Kier alpha value is -1.18. The second-order valence-corrected chi connectivity index (χ2v) is 7.13. The van der Waals surface area contributed by atoms with Crippen LogP contribution in [-0.4, -0.2) is 48.6 Å². The lowest BCUT2D eigenvalue weighted by molar-refractivity contribution is 0.0169. The fraction of sp³-hybridized carbons (Fsp3) is 0.375. The number of carbonyl (C=O) groups excluding carboxylic acids is 1. The fourth-order valence-corrected chi connectivity index (χ4v) is 3.75. The number of halogens is 2. The lowest BCUT2D eigenvalue weighted by Gasteiger charge is -2.34. The maximum Gasteiger partial charge on any atom is 0.252 e. The van der Waals surface area contributed by atoms with E-state index in [1.165, 1.54) is 17.1 Å². The first-order valence-corrected chi connectivity index (χ1v) is 9.23. The van der Waals surface area contributed by atoms with Gasteiger partial charge in [0, 0.05) is 30.7 Å². The molecule has 2 aromatic rings. The quantitative estimate of drug-likeness (QED) is 0.802. The molecule has 0 radical (unpaired) electrons. The summed E-state index contributed by atoms with van der Waals surface area (Å²) >= 11 is 13.4. The summed E-state index contributed by atoms with van der Waals surface area (Å²) in [6, 6.07) is 5.78. The van der Waals surface area contributed by atoms with Gasteiger partial charge in [0.2, 0.25) is 0 Å². The molecule has 0 spiro atoms. The van der Waals surface area contributed by atoms with Gasteiger partial charge in [-0.2, -0.15) is 0 Å². The number of nitrogens with one attached hydrogen (secondary N) is 1. The first-order valence-electron chi connectivity index (χ1n) is 7.59. The average molecular weight is 386 g/mol. The lowest BCUT2D eigenvalue weighted by atomic mass is 10.1. The summed E-state index contributed by atoms with van der Waals surface area (Å²) in [5.74, 6) is -0.212. The Morgan fingerprint density at radius 2 is 2.21 bits per heavy atom. The number of pyridine rings is 1. The van der Waals surface area contributed by atoms with Crippen molar-refractivity contribution in [3.8, 4) is 0 Å². The summed E-state index contributed by atoms with van der Waals surface area (Å²) in [7, 11) is 0. The van der Waals surface area contributed by atoms with Gasteiger partial charge in [-0.15, -0.1) is 11.3 Å². The number of rotatable bonds is 5. The number of hydrogen-bond acceptors (Lipinski definition) is 5. The molecule has 2 aromatic heterocycles. The molecule has 3 rings (SSSR count). The van der Waals surface area contributed by atoms with E-state index in [0.717, 1.165) is 13.1 Å². The summed E-state index contributed by atoms with van der Waals surface area (Å²) < 4.78 is 5.43. The van der Waals surface area contributed by atoms with E-state index in [9.17, 15) is 4.79 Å². The normalized spacial score (nSPS) is 16.8. The van der Waals surface area contributed by atoms with Crippen LogP contribution in [0.4, 0.5) is 0 Å². The zero-order valence-corrected chi connectivity index (χ0v) is 15.2. The highest BCUT2D eigenvalue weighted by atomic mass is 35.5. The zero-order valence-electron chi connectivity index (χ0n) is 12.9. The third-order valence-corrected chi connectivity index (χ3v) is 5.53. The van der Waals surface area contributed by atoms with Gasteiger partial charge in [0.15, 0.2) is 0 Å². The third kappa shape index (κ3) is 4.26. The fourth-order valence-electron chi connectivity index (χ4n) is 2.62. The van der Waals surface area contributed by atoms with Crippen molar-refractivity contribution in [2.24, 2.45) is 0 Å². The molecule has 0 saturated carbocycles. The van der Waals surface area contributed by atoms with Crippen LogP contribution in [0, 0.1) is 0 Å². The minimum Gasteiger partial charge on any atom is -0.379 e. The van der Waals surface area contributed by atoms with Gasteiger partial charge in [-0.05, 0) is 17.5 Å². The molecule has 0 aliphatic carbocycles. The largest absolute Gasteiger partial charge is 0.379 e. The number of hydrogen-bond donors (Lipinski definition) is 1. The zero-order chi connectivity index (χ0) is 16.9. The van der Waals surface area contributed by atoms with Crippen molar-refractivity contribution in [3.05, 3.63) is 50.4 Å². The Balaban J connectivity index is 1.68. The lowest BCUT2D eigenvalue weighted by Crippen LogP contribution is -2.43. The van der Waals surface area contributed by atoms with Crippen molar-refractivity contribution < 1.29 is 9.53 Å². The molecule has 8 heteroatoms. The Labute approximate surface area is 154 Å². The molecular formula is C16H17Cl2N3O2S. The molecule has 0 unspecified atom stereocenters. The van der Waals surface area contributed by atoms with Crippen LogP contribution in [0.2, 0.25) is 10.2 Å². The number of ether oxygens (including phenoxy) is 1. The highest BCUT2D eigenvalue weighted by Crippen LogP contribution is 2.25. The Morgan fingerprint density at radius 1 is 1.42 bits per heavy atom. The standard InChI is InChI=1S/C16H17Cl2N3O2S/c17-12-8-11(9-19-15(12)18)16(22)20-10-13(14-2-1-7-24-14)21-3-5-23-6-4-21/h1-2,7-9,13H,3-6,10H2,(H,20,22)/t13-/m1/s1. The molecule has 3 heterocycles. The average Bonchev–Trinajstić information content (AvgIpc) is 3.12. The SMILES string of the molecule is O=C(NC[C@H](c1cccs1)N1CCOCC1)c1cnc(Cl)c(Cl)c1. The van der Waals surface area contributed by atoms with Crippen LogP contribution < -0.4 is 5.32 Å². The number of nitrogens with zero attached hydrogens (tertiary/aromatic N) is 2. The molecule has 128 valence electrons. The van der Waals surface area contributed by atoms with Crippen LogP contribution in [0.5, 0.6) is 0 Å². The molecule has 0 bridgehead atoms. The molecular weight excluding hydrogens is 369 g/mol. The van der Waals surface area contributed by atoms with Crippen LogP contribution >= 0.6 is 34.5 Å². The maximum atomic E-state index is 12.4. The van der Waals surface area contributed by atoms with Crippen molar-refractivity contribution in [3.63, 3.8) is 0 Å². The summed E-state index contributed by atoms with van der Waals surface area (Å²) in [6.45, 7) is 3.65. The van der Waals surface area contributed by atoms with Crippen molar-refractivity contribution in [1.29, 1.82) is 0 Å². The summed E-state index contributed by atoms with van der Waals surface area (Å²) in [4.78, 5) is 19.8. The van der Waals surface area contributed by atoms with Crippen LogP contribution in [0.25, 0.3) is 0 Å². The van der Waals surface area contributed by atoms with Crippen molar-refractivity contribution in [1.82, 2.24) is 15.2 Å². The van der Waals surface area contributed by atoms with Crippen molar-refractivity contribution >= 4 is 40.4 Å². The molecule has 0 aromatic carbocycles. The Kier molecular flexibility index (Phi) is 6.08. The van der Waals surface area contributed by atoms with Gasteiger partial charge in [0.1, 0.15) is 5.15 Å². The van der Waals surface area contributed by atoms with Gasteiger partial charge >= 0.3 is 0 Å². The van der Waals surface area contributed by atoms with Crippen LogP contribution in [0.15, 0.2) is 29.8 Å². The molecule has 24 heavy (non-hydrogen) atoms. The van der Waals surface area contributed by atoms with E-state index >= 15 is 0 Å². The molecule has 1 N–H and O–H groups in total. The van der Waals surface area contributed by atoms with Crippen LogP contribution in [0.1, 0.15) is 21.3 Å². The van der Waals surface area contributed by atoms with Gasteiger partial charge < -0.3 is 10.1 Å². The van der Waals surface area contributed by atoms with E-state index in [1.807, 2.05) is 11.4 Å². The molecule has 1 amide bonds. The van der Waals surface area contributed by atoms with Crippen molar-refractivity contribution in [2.75, 3.05) is 32.8 Å². The van der Waals surface area contributed by atoms with Gasteiger partial charge in [-0.1, -0.05) is 29.3 Å². The van der Waals surface area contributed by atoms with Crippen molar-refractivity contribution in [2.45, 2.75) is 6.04 Å². The molecule has 1 atom stereocenters. The molecule has 1 aliphatic heterocycles. The van der Waals surface area contributed by atoms with E-state index in [1.54, 1.807) is 11.3 Å². The number of amides is 1. The number of carbonyl (C=O) groups is 1. The first kappa shape index (κ1) is 17.6. The topological polar surface area (TPSA) is 54.5 Å². The van der Waals surface area contributed by atoms with E-state index in [0.29, 0.717) is 25.3 Å². The van der Waals surface area contributed by atoms with E-state index < -0.39 is 0 Å². The smallest absolute Gasteiger partial charge is 0.252 e. The Bertz CT molecular complexity index is 691. The highest BCUT2D eigenvalue weighted by molar-refractivity contribution is 7.10. The third-order valence-electron chi connectivity index (χ3n) is 3.87. The number of morpholine rings is 1. The maximum absolute atomic E-state index is 12.4. The van der Waals surface area contributed by atoms with Gasteiger partial charge in [0.25, 0.3) is 5.91 Å². The summed E-state index contributed by atoms with van der Waals surface area (Å²) in [6.07, 6.45) is 1.43. The Morgan fingerprint density at radius 3 is 2.88 bits per heavy atom. The van der Waals surface area contributed by atoms with E-state index in [4.69, 9.17) is 27.9 Å². The van der Waals surface area contributed by atoms with Crippen LogP contribution in [-0.2, 0) is 4.74 Å². The minimum atomic E-state index is -0.212. The predicted molar refractivity (Wildman–Crippen MR) is 96.0 cm³/mol. The van der Waals surface area contributed by atoms with Gasteiger partial charge in [0.05, 0.1) is 29.8 Å². The van der Waals surface area contributed by atoms with Gasteiger partial charge in [-0.25, -0.2) is 4.98 Å². The highest BCUT2D eigenvalue weighted by Gasteiger charge is 2.24. The minimum absolute atomic E-state index is 0.133. The first-order chi connectivity index (χ1) is 11.6. The molecule has 1 fully saturated rings. The number of thiophene rings is 1. The second kappa shape index (κ2) is 8.27. The summed E-state index contributed by atoms with van der Waals surface area (Å²) in [5, 5.41) is 5.49. The molecule has 5 nitrogen and oxygen atoms in total. The number of aromatic nitrogens is 1. The van der Waals surface area contributed by atoms with Crippen LogP contribution in [0.3, 0.4) is 0 Å².